The summed E-state index contributed by atoms with van der Waals surface area (Å²) in [5.74, 6) is 0. The molecular formula is C25H18N2OS. The number of thiazole rings is 1. The van der Waals surface area contributed by atoms with E-state index in [0.29, 0.717) is 4.53 Å². The van der Waals surface area contributed by atoms with Crippen LogP contribution in [-0.4, -0.2) is 4.57 Å². The first-order valence-corrected chi connectivity index (χ1v) is 10.3. The van der Waals surface area contributed by atoms with Crippen LogP contribution in [0.4, 0.5) is 0 Å². The third kappa shape index (κ3) is 3.39. The van der Waals surface area contributed by atoms with Crippen LogP contribution in [0.2, 0.25) is 0 Å². The molecule has 0 spiro atoms. The molecule has 0 bridgehead atoms. The molecule has 0 aliphatic carbocycles. The Kier molecular flexibility index (Phi) is 4.54. The van der Waals surface area contributed by atoms with Crippen LogP contribution in [0.3, 0.4) is 0 Å². The number of fused-ring (bicyclic) bond motifs is 1. The molecule has 0 unspecified atom stereocenters. The largest absolute Gasteiger partial charge is 0.272 e. The van der Waals surface area contributed by atoms with E-state index in [1.54, 1.807) is 4.57 Å². The maximum absolute atomic E-state index is 13.3. The van der Waals surface area contributed by atoms with Crippen LogP contribution in [0.15, 0.2) is 107 Å². The minimum atomic E-state index is -0.180. The molecule has 0 N–H and O–H groups in total. The fraction of sp³-hybridized carbons (Fsp3) is 0.0400. The van der Waals surface area contributed by atoms with Gasteiger partial charge in [0, 0.05) is 0 Å². The highest BCUT2D eigenvalue weighted by molar-refractivity contribution is 7.07. The molecule has 2 heterocycles. The van der Waals surface area contributed by atoms with E-state index in [0.717, 1.165) is 27.2 Å². The topological polar surface area (TPSA) is 34.4 Å². The fourth-order valence-electron chi connectivity index (χ4n) is 3.54. The lowest BCUT2D eigenvalue weighted by atomic mass is 10.0. The predicted octanol–water partition coefficient (Wildman–Crippen LogP) is 4.00. The minimum absolute atomic E-state index is 0.00480. The minimum Gasteiger partial charge on any atom is -0.272 e. The summed E-state index contributed by atoms with van der Waals surface area (Å²) in [5.41, 5.74) is 4.02. The van der Waals surface area contributed by atoms with E-state index in [2.05, 4.69) is 30.3 Å². The van der Waals surface area contributed by atoms with Crippen molar-refractivity contribution in [3.05, 3.63) is 133 Å². The number of benzene rings is 3. The van der Waals surface area contributed by atoms with Gasteiger partial charge in [-0.3, -0.25) is 9.36 Å². The van der Waals surface area contributed by atoms with Crippen molar-refractivity contribution in [2.45, 2.75) is 6.04 Å². The molecule has 1 aliphatic rings. The Morgan fingerprint density at radius 3 is 2.14 bits per heavy atom. The van der Waals surface area contributed by atoms with Gasteiger partial charge in [-0.25, -0.2) is 4.99 Å². The third-order valence-corrected chi connectivity index (χ3v) is 5.94. The van der Waals surface area contributed by atoms with Gasteiger partial charge in [-0.1, -0.05) is 102 Å². The molecule has 0 saturated heterocycles. The van der Waals surface area contributed by atoms with Gasteiger partial charge in [-0.05, 0) is 28.8 Å². The first kappa shape index (κ1) is 17.6. The molecule has 0 saturated carbocycles. The monoisotopic (exact) mass is 394 g/mol. The standard InChI is InChI=1S/C25H18N2OS/c28-24-23(16-18-10-4-1-5-11-18)29-25-26-21(19-12-6-2-7-13-19)17-22(27(24)25)20-14-8-3-9-15-20/h1-17,22H/b23-16-/t22-/m1/s1. The van der Waals surface area contributed by atoms with Gasteiger partial charge in [0.05, 0.1) is 16.3 Å². The van der Waals surface area contributed by atoms with Gasteiger partial charge in [-0.2, -0.15) is 0 Å². The maximum Gasteiger partial charge on any atom is 0.271 e. The van der Waals surface area contributed by atoms with Crippen LogP contribution in [-0.2, 0) is 0 Å². The van der Waals surface area contributed by atoms with Crippen LogP contribution >= 0.6 is 11.3 Å². The number of hydrogen-bond acceptors (Lipinski definition) is 3. The molecule has 140 valence electrons. The molecule has 5 rings (SSSR count). The third-order valence-electron chi connectivity index (χ3n) is 4.95. The van der Waals surface area contributed by atoms with Crippen molar-refractivity contribution in [1.29, 1.82) is 0 Å². The summed E-state index contributed by atoms with van der Waals surface area (Å²) < 4.78 is 2.50. The highest BCUT2D eigenvalue weighted by Gasteiger charge is 2.22. The van der Waals surface area contributed by atoms with Gasteiger partial charge < -0.3 is 0 Å². The summed E-state index contributed by atoms with van der Waals surface area (Å²) in [5, 5.41) is 0. The smallest absolute Gasteiger partial charge is 0.271 e. The Labute approximate surface area is 172 Å². The molecule has 29 heavy (non-hydrogen) atoms. The van der Waals surface area contributed by atoms with Crippen LogP contribution in [0, 0.1) is 0 Å². The van der Waals surface area contributed by atoms with Gasteiger partial charge in [0.2, 0.25) is 0 Å². The molecular weight excluding hydrogens is 376 g/mol. The summed E-state index contributed by atoms with van der Waals surface area (Å²) in [6.45, 7) is 0. The molecule has 0 amide bonds. The van der Waals surface area contributed by atoms with Gasteiger partial charge in [-0.15, -0.1) is 0 Å². The highest BCUT2D eigenvalue weighted by Crippen LogP contribution is 2.26. The molecule has 1 aromatic heterocycles. The second-order valence-corrected chi connectivity index (χ2v) is 7.87. The van der Waals surface area contributed by atoms with Crippen molar-refractivity contribution in [1.82, 2.24) is 4.57 Å². The Morgan fingerprint density at radius 1 is 0.828 bits per heavy atom. The maximum atomic E-state index is 13.3. The summed E-state index contributed by atoms with van der Waals surface area (Å²) in [6.07, 6.45) is 4.02. The van der Waals surface area contributed by atoms with Crippen LogP contribution in [0.5, 0.6) is 0 Å². The fourth-order valence-corrected chi connectivity index (χ4v) is 4.56. The summed E-state index contributed by atoms with van der Waals surface area (Å²) in [4.78, 5) is 18.9. The molecule has 1 aliphatic heterocycles. The average molecular weight is 394 g/mol. The van der Waals surface area contributed by atoms with Crippen LogP contribution in [0.25, 0.3) is 11.8 Å². The van der Waals surface area contributed by atoms with E-state index < -0.39 is 0 Å². The van der Waals surface area contributed by atoms with Gasteiger partial charge >= 0.3 is 0 Å². The van der Waals surface area contributed by atoms with Crippen molar-refractivity contribution in [2.24, 2.45) is 4.99 Å². The Balaban J connectivity index is 1.75. The zero-order valence-corrected chi connectivity index (χ0v) is 16.4. The van der Waals surface area contributed by atoms with Gasteiger partial charge in [0.15, 0.2) is 4.80 Å². The van der Waals surface area contributed by atoms with E-state index in [9.17, 15) is 4.79 Å². The lowest BCUT2D eigenvalue weighted by Crippen LogP contribution is -2.36. The molecule has 3 nitrogen and oxygen atoms in total. The Hall–Kier alpha value is -3.50. The summed E-state index contributed by atoms with van der Waals surface area (Å²) >= 11 is 1.44. The normalized spacial score (nSPS) is 16.1. The zero-order valence-electron chi connectivity index (χ0n) is 15.6. The number of hydrogen-bond donors (Lipinski definition) is 0. The first-order valence-electron chi connectivity index (χ1n) is 9.49. The molecule has 0 fully saturated rings. The molecule has 4 aromatic rings. The molecule has 3 aromatic carbocycles. The van der Waals surface area contributed by atoms with Gasteiger partial charge in [0.25, 0.3) is 5.56 Å². The second-order valence-electron chi connectivity index (χ2n) is 6.86. The molecule has 1 atom stereocenters. The SMILES string of the molecule is O=c1/c(=C/c2ccccc2)sc2n1[C@@H](c1ccccc1)C=C(c1ccccc1)N=2. The van der Waals surface area contributed by atoms with Crippen molar-refractivity contribution >= 4 is 23.1 Å². The van der Waals surface area contributed by atoms with Crippen molar-refractivity contribution < 1.29 is 0 Å². The van der Waals surface area contributed by atoms with E-state index in [-0.39, 0.29) is 11.6 Å². The van der Waals surface area contributed by atoms with E-state index in [1.165, 1.54) is 11.3 Å². The molecule has 0 radical (unpaired) electrons. The second kappa shape index (κ2) is 7.49. The number of nitrogens with zero attached hydrogens (tertiary/aromatic N) is 2. The molecule has 4 heteroatoms. The highest BCUT2D eigenvalue weighted by atomic mass is 32.1. The predicted molar refractivity (Wildman–Crippen MR) is 118 cm³/mol. The summed E-state index contributed by atoms with van der Waals surface area (Å²) in [7, 11) is 0. The quantitative estimate of drug-likeness (QED) is 0.517. The van der Waals surface area contributed by atoms with E-state index >= 15 is 0 Å². The lowest BCUT2D eigenvalue weighted by Gasteiger charge is -2.19. The zero-order chi connectivity index (χ0) is 19.6. The van der Waals surface area contributed by atoms with E-state index in [1.807, 2.05) is 72.8 Å². The van der Waals surface area contributed by atoms with Crippen molar-refractivity contribution in [2.75, 3.05) is 0 Å². The van der Waals surface area contributed by atoms with Crippen molar-refractivity contribution in [3.8, 4) is 0 Å². The first-order chi connectivity index (χ1) is 14.3. The Morgan fingerprint density at radius 2 is 1.45 bits per heavy atom. The lowest BCUT2D eigenvalue weighted by molar-refractivity contribution is 0.644. The van der Waals surface area contributed by atoms with E-state index in [4.69, 9.17) is 4.99 Å². The average Bonchev–Trinajstić information content (AvgIpc) is 3.10. The van der Waals surface area contributed by atoms with Crippen molar-refractivity contribution in [3.63, 3.8) is 0 Å². The van der Waals surface area contributed by atoms with Crippen LogP contribution < -0.4 is 14.9 Å². The van der Waals surface area contributed by atoms with Crippen LogP contribution in [0.1, 0.15) is 22.7 Å². The summed E-state index contributed by atoms with van der Waals surface area (Å²) in [6, 6.07) is 30.0. The number of rotatable bonds is 3. The number of allylic oxidation sites excluding steroid dienone is 1. The van der Waals surface area contributed by atoms with Gasteiger partial charge in [0.1, 0.15) is 0 Å². The number of aromatic nitrogens is 1. The Bertz CT molecular complexity index is 1350.